The van der Waals surface area contributed by atoms with Gasteiger partial charge in [0, 0.05) is 18.7 Å². The van der Waals surface area contributed by atoms with Crippen LogP contribution < -0.4 is 10.9 Å². The zero-order valence-electron chi connectivity index (χ0n) is 18.3. The Morgan fingerprint density at radius 3 is 2.48 bits per heavy atom. The number of nitrogens with one attached hydrogen (secondary N) is 1. The van der Waals surface area contributed by atoms with Crippen molar-refractivity contribution in [1.29, 1.82) is 0 Å². The molecule has 1 N–H and O–H groups in total. The molecule has 0 fully saturated rings. The van der Waals surface area contributed by atoms with Crippen LogP contribution in [0.4, 0.5) is 5.69 Å². The molecule has 9 nitrogen and oxygen atoms in total. The molecule has 0 radical (unpaired) electrons. The SMILES string of the molecule is CCOC(=O)c1ccc(NC(=O)CCn2cnc3c(cnn3-c3ccc(C)cc3)c2=O)cc1. The van der Waals surface area contributed by atoms with Crippen molar-refractivity contribution in [2.24, 2.45) is 0 Å². The quantitative estimate of drug-likeness (QED) is 0.438. The molecule has 0 atom stereocenters. The van der Waals surface area contributed by atoms with Crippen LogP contribution in [-0.2, 0) is 16.1 Å². The first-order valence-electron chi connectivity index (χ1n) is 10.5. The number of carbonyl (C=O) groups excluding carboxylic acids is 2. The Kier molecular flexibility index (Phi) is 6.30. The largest absolute Gasteiger partial charge is 0.462 e. The highest BCUT2D eigenvalue weighted by Crippen LogP contribution is 2.15. The maximum absolute atomic E-state index is 12.8. The average molecular weight is 445 g/mol. The molecule has 0 bridgehead atoms. The summed E-state index contributed by atoms with van der Waals surface area (Å²) < 4.78 is 7.95. The van der Waals surface area contributed by atoms with Crippen molar-refractivity contribution in [1.82, 2.24) is 19.3 Å². The van der Waals surface area contributed by atoms with Crippen LogP contribution in [0.15, 0.2) is 65.8 Å². The van der Waals surface area contributed by atoms with Crippen LogP contribution in [-0.4, -0.2) is 37.8 Å². The molecule has 4 rings (SSSR count). The number of nitrogens with zero attached hydrogens (tertiary/aromatic N) is 4. The number of aryl methyl sites for hydroxylation is 2. The van der Waals surface area contributed by atoms with Crippen LogP contribution in [0.2, 0.25) is 0 Å². The van der Waals surface area contributed by atoms with Crippen molar-refractivity contribution >= 4 is 28.6 Å². The van der Waals surface area contributed by atoms with E-state index in [1.165, 1.54) is 17.1 Å². The van der Waals surface area contributed by atoms with E-state index >= 15 is 0 Å². The number of ether oxygens (including phenoxy) is 1. The highest BCUT2D eigenvalue weighted by Gasteiger charge is 2.13. The first-order chi connectivity index (χ1) is 16.0. The van der Waals surface area contributed by atoms with E-state index in [1.54, 1.807) is 35.9 Å². The fraction of sp³-hybridized carbons (Fsp3) is 0.208. The fourth-order valence-corrected chi connectivity index (χ4v) is 3.33. The van der Waals surface area contributed by atoms with Gasteiger partial charge in [-0.2, -0.15) is 5.10 Å². The molecule has 0 aliphatic carbocycles. The molecule has 0 aliphatic heterocycles. The summed E-state index contributed by atoms with van der Waals surface area (Å²) in [6, 6.07) is 14.2. The van der Waals surface area contributed by atoms with Crippen LogP contribution in [0.5, 0.6) is 0 Å². The van der Waals surface area contributed by atoms with Gasteiger partial charge in [-0.1, -0.05) is 17.7 Å². The summed E-state index contributed by atoms with van der Waals surface area (Å²) in [4.78, 5) is 41.3. The number of hydrogen-bond donors (Lipinski definition) is 1. The van der Waals surface area contributed by atoms with Crippen LogP contribution in [0.1, 0.15) is 29.3 Å². The zero-order valence-corrected chi connectivity index (χ0v) is 18.3. The molecule has 0 saturated carbocycles. The van der Waals surface area contributed by atoms with E-state index in [0.29, 0.717) is 28.9 Å². The summed E-state index contributed by atoms with van der Waals surface area (Å²) in [6.07, 6.45) is 3.00. The normalized spacial score (nSPS) is 10.8. The Labute approximate surface area is 189 Å². The molecule has 0 saturated heterocycles. The van der Waals surface area contributed by atoms with E-state index < -0.39 is 5.97 Å². The van der Waals surface area contributed by atoms with Crippen LogP contribution in [0, 0.1) is 6.92 Å². The van der Waals surface area contributed by atoms with Crippen molar-refractivity contribution in [3.63, 3.8) is 0 Å². The van der Waals surface area contributed by atoms with Gasteiger partial charge in [-0.15, -0.1) is 0 Å². The van der Waals surface area contributed by atoms with Gasteiger partial charge in [0.2, 0.25) is 5.91 Å². The highest BCUT2D eigenvalue weighted by molar-refractivity contribution is 5.93. The summed E-state index contributed by atoms with van der Waals surface area (Å²) in [5, 5.41) is 7.44. The van der Waals surface area contributed by atoms with Crippen molar-refractivity contribution in [2.75, 3.05) is 11.9 Å². The number of amides is 1. The molecule has 2 heterocycles. The first-order valence-corrected chi connectivity index (χ1v) is 10.5. The van der Waals surface area contributed by atoms with Gasteiger partial charge in [-0.3, -0.25) is 14.2 Å². The molecule has 1 amide bonds. The number of fused-ring (bicyclic) bond motifs is 1. The monoisotopic (exact) mass is 445 g/mol. The zero-order chi connectivity index (χ0) is 23.4. The first kappa shape index (κ1) is 21.9. The lowest BCUT2D eigenvalue weighted by molar-refractivity contribution is -0.116. The molecular weight excluding hydrogens is 422 g/mol. The summed E-state index contributed by atoms with van der Waals surface area (Å²) in [5.74, 6) is -0.676. The molecule has 9 heteroatoms. The summed E-state index contributed by atoms with van der Waals surface area (Å²) in [5.41, 5.74) is 3.10. The van der Waals surface area contributed by atoms with Gasteiger partial charge < -0.3 is 10.1 Å². The van der Waals surface area contributed by atoms with Gasteiger partial charge in [0.1, 0.15) is 5.39 Å². The maximum atomic E-state index is 12.8. The molecule has 0 spiro atoms. The van der Waals surface area contributed by atoms with Gasteiger partial charge in [-0.25, -0.2) is 14.5 Å². The van der Waals surface area contributed by atoms with E-state index in [0.717, 1.165) is 11.3 Å². The Morgan fingerprint density at radius 2 is 1.79 bits per heavy atom. The number of benzene rings is 2. The highest BCUT2D eigenvalue weighted by atomic mass is 16.5. The van der Waals surface area contributed by atoms with Gasteiger partial charge >= 0.3 is 5.97 Å². The lowest BCUT2D eigenvalue weighted by Gasteiger charge is -2.08. The topological polar surface area (TPSA) is 108 Å². The molecule has 4 aromatic rings. The summed E-state index contributed by atoms with van der Waals surface area (Å²) >= 11 is 0. The predicted octanol–water partition coefficient (Wildman–Crippen LogP) is 3.10. The van der Waals surface area contributed by atoms with Crippen molar-refractivity contribution in [2.45, 2.75) is 26.8 Å². The summed E-state index contributed by atoms with van der Waals surface area (Å²) in [6.45, 7) is 4.20. The second kappa shape index (κ2) is 9.47. The Bertz CT molecular complexity index is 1350. The van der Waals surface area contributed by atoms with E-state index in [1.807, 2.05) is 31.2 Å². The number of carbonyl (C=O) groups is 2. The number of rotatable bonds is 7. The fourth-order valence-electron chi connectivity index (χ4n) is 3.33. The third-order valence-corrected chi connectivity index (χ3v) is 5.09. The smallest absolute Gasteiger partial charge is 0.338 e. The minimum absolute atomic E-state index is 0.0822. The van der Waals surface area contributed by atoms with Gasteiger partial charge in [0.05, 0.1) is 30.4 Å². The predicted molar refractivity (Wildman–Crippen MR) is 124 cm³/mol. The van der Waals surface area contributed by atoms with E-state index in [2.05, 4.69) is 15.4 Å². The minimum Gasteiger partial charge on any atom is -0.462 e. The Balaban J connectivity index is 1.42. The second-order valence-corrected chi connectivity index (χ2v) is 7.47. The van der Waals surface area contributed by atoms with Crippen LogP contribution in [0.25, 0.3) is 16.7 Å². The van der Waals surface area contributed by atoms with Crippen LogP contribution >= 0.6 is 0 Å². The number of anilines is 1. The lowest BCUT2D eigenvalue weighted by Crippen LogP contribution is -2.23. The number of aromatic nitrogens is 4. The Morgan fingerprint density at radius 1 is 1.06 bits per heavy atom. The number of esters is 1. The average Bonchev–Trinajstić information content (AvgIpc) is 3.25. The van der Waals surface area contributed by atoms with Gasteiger partial charge in [0.15, 0.2) is 5.65 Å². The molecule has 2 aromatic carbocycles. The van der Waals surface area contributed by atoms with Gasteiger partial charge in [0.25, 0.3) is 5.56 Å². The third kappa shape index (κ3) is 4.82. The molecular formula is C24H23N5O4. The van der Waals surface area contributed by atoms with Crippen molar-refractivity contribution in [3.8, 4) is 5.69 Å². The molecule has 0 unspecified atom stereocenters. The second-order valence-electron chi connectivity index (χ2n) is 7.47. The third-order valence-electron chi connectivity index (χ3n) is 5.09. The standard InChI is InChI=1S/C24H23N5O4/c1-3-33-24(32)17-6-8-18(9-7-17)27-21(30)12-13-28-15-25-22-20(23(28)31)14-26-29(22)19-10-4-16(2)5-11-19/h4-11,14-15H,3,12-13H2,1-2H3,(H,27,30). The summed E-state index contributed by atoms with van der Waals surface area (Å²) in [7, 11) is 0. The molecule has 33 heavy (non-hydrogen) atoms. The number of hydrogen-bond acceptors (Lipinski definition) is 6. The lowest BCUT2D eigenvalue weighted by atomic mass is 10.2. The van der Waals surface area contributed by atoms with Crippen molar-refractivity contribution < 1.29 is 14.3 Å². The van der Waals surface area contributed by atoms with Crippen molar-refractivity contribution in [3.05, 3.63) is 82.5 Å². The van der Waals surface area contributed by atoms with Crippen LogP contribution in [0.3, 0.4) is 0 Å². The van der Waals surface area contributed by atoms with Gasteiger partial charge in [-0.05, 0) is 50.2 Å². The minimum atomic E-state index is -0.414. The van der Waals surface area contributed by atoms with E-state index in [9.17, 15) is 14.4 Å². The maximum Gasteiger partial charge on any atom is 0.338 e. The molecule has 2 aromatic heterocycles. The molecule has 168 valence electrons. The Hall–Kier alpha value is -4.27. The molecule has 0 aliphatic rings. The van der Waals surface area contributed by atoms with E-state index in [4.69, 9.17) is 4.74 Å². The van der Waals surface area contributed by atoms with E-state index in [-0.39, 0.29) is 24.4 Å².